The maximum Gasteiger partial charge on any atom is 0.217 e. The molecule has 5 nitrogen and oxygen atoms in total. The summed E-state index contributed by atoms with van der Waals surface area (Å²) in [4.78, 5) is 14.6. The molecule has 1 aliphatic heterocycles. The molecule has 1 amide bonds. The molecule has 1 N–H and O–H groups in total. The third kappa shape index (κ3) is 4.11. The Labute approximate surface area is 124 Å². The van der Waals surface area contributed by atoms with Gasteiger partial charge in [-0.1, -0.05) is 24.4 Å². The van der Waals surface area contributed by atoms with Crippen molar-refractivity contribution in [1.29, 1.82) is 0 Å². The summed E-state index contributed by atoms with van der Waals surface area (Å²) in [6, 6.07) is 0. The topological polar surface area (TPSA) is 58.1 Å². The summed E-state index contributed by atoms with van der Waals surface area (Å²) < 4.78 is 4.08. The Hall–Kier alpha value is -1.27. The van der Waals surface area contributed by atoms with E-state index in [1.165, 1.54) is 22.0 Å². The van der Waals surface area contributed by atoms with Crippen molar-refractivity contribution in [2.24, 2.45) is 0 Å². The molecule has 2 heterocycles. The first-order chi connectivity index (χ1) is 9.56. The first-order valence-electron chi connectivity index (χ1n) is 7.02. The van der Waals surface area contributed by atoms with Crippen LogP contribution in [0.2, 0.25) is 0 Å². The lowest BCUT2D eigenvalue weighted by Gasteiger charge is -2.27. The Kier molecular flexibility index (Phi) is 5.25. The van der Waals surface area contributed by atoms with E-state index in [4.69, 9.17) is 0 Å². The third-order valence-corrected chi connectivity index (χ3v) is 4.09. The second-order valence-corrected chi connectivity index (χ2v) is 6.35. The van der Waals surface area contributed by atoms with Gasteiger partial charge >= 0.3 is 0 Å². The quantitative estimate of drug-likeness (QED) is 0.843. The van der Waals surface area contributed by atoms with Crippen LogP contribution in [0.3, 0.4) is 0 Å². The Morgan fingerprint density at radius 1 is 1.55 bits per heavy atom. The van der Waals surface area contributed by atoms with Crippen LogP contribution in [0.4, 0.5) is 0 Å². The summed E-state index contributed by atoms with van der Waals surface area (Å²) in [5.74, 6) is 0.444. The Morgan fingerprint density at radius 2 is 2.35 bits per heavy atom. The normalized spacial score (nSPS) is 16.3. The summed E-state index contributed by atoms with van der Waals surface area (Å²) in [6.45, 7) is 9.39. The van der Waals surface area contributed by atoms with Gasteiger partial charge in [-0.3, -0.25) is 9.69 Å². The standard InChI is InChI=1S/C14H22N4OS/c1-10(2)14-13(20-17-16-14)9-18-6-4-5-12(8-18)7-15-11(3)19/h5,10H,4,6-9H2,1-3H3,(H,15,19). The number of nitrogens with zero attached hydrogens (tertiary/aromatic N) is 3. The van der Waals surface area contributed by atoms with Gasteiger partial charge in [-0.2, -0.15) is 0 Å². The molecule has 20 heavy (non-hydrogen) atoms. The largest absolute Gasteiger partial charge is 0.353 e. The monoisotopic (exact) mass is 294 g/mol. The average molecular weight is 294 g/mol. The van der Waals surface area contributed by atoms with E-state index in [1.54, 1.807) is 6.92 Å². The van der Waals surface area contributed by atoms with Crippen LogP contribution >= 0.6 is 11.5 Å². The number of rotatable bonds is 5. The van der Waals surface area contributed by atoms with Crippen molar-refractivity contribution in [2.45, 2.75) is 39.7 Å². The molecule has 1 aromatic rings. The van der Waals surface area contributed by atoms with Crippen LogP contribution in [-0.2, 0) is 11.3 Å². The first kappa shape index (κ1) is 15.1. The predicted octanol–water partition coefficient (Wildman–Crippen LogP) is 1.93. The highest BCUT2D eigenvalue weighted by atomic mass is 32.1. The highest BCUT2D eigenvalue weighted by molar-refractivity contribution is 7.05. The molecule has 0 unspecified atom stereocenters. The summed E-state index contributed by atoms with van der Waals surface area (Å²) in [5.41, 5.74) is 2.41. The fourth-order valence-electron chi connectivity index (χ4n) is 2.35. The van der Waals surface area contributed by atoms with Crippen LogP contribution in [-0.4, -0.2) is 40.0 Å². The maximum absolute atomic E-state index is 11.0. The van der Waals surface area contributed by atoms with Gasteiger partial charge in [0.15, 0.2) is 0 Å². The molecule has 0 aliphatic carbocycles. The van der Waals surface area contributed by atoms with Crippen LogP contribution < -0.4 is 5.32 Å². The molecule has 0 saturated heterocycles. The minimum Gasteiger partial charge on any atom is -0.353 e. The number of hydrogen-bond donors (Lipinski definition) is 1. The van der Waals surface area contributed by atoms with Crippen molar-refractivity contribution in [3.8, 4) is 0 Å². The van der Waals surface area contributed by atoms with Crippen molar-refractivity contribution < 1.29 is 4.79 Å². The third-order valence-electron chi connectivity index (χ3n) is 3.37. The second kappa shape index (κ2) is 6.95. The highest BCUT2D eigenvalue weighted by Gasteiger charge is 2.18. The average Bonchev–Trinajstić information content (AvgIpc) is 2.85. The number of carbonyl (C=O) groups is 1. The van der Waals surface area contributed by atoms with Gasteiger partial charge < -0.3 is 5.32 Å². The molecule has 0 radical (unpaired) electrons. The molecular weight excluding hydrogens is 272 g/mol. The fraction of sp³-hybridized carbons (Fsp3) is 0.643. The van der Waals surface area contributed by atoms with Gasteiger partial charge in [0.25, 0.3) is 0 Å². The molecule has 110 valence electrons. The molecule has 0 fully saturated rings. The Bertz CT molecular complexity index is 495. The molecule has 2 rings (SSSR count). The number of aromatic nitrogens is 2. The zero-order chi connectivity index (χ0) is 14.5. The minimum absolute atomic E-state index is 0.0248. The Morgan fingerprint density at radius 3 is 3.05 bits per heavy atom. The smallest absolute Gasteiger partial charge is 0.217 e. The first-order valence-corrected chi connectivity index (χ1v) is 7.79. The van der Waals surface area contributed by atoms with Gasteiger partial charge in [0.05, 0.1) is 10.6 Å². The lowest BCUT2D eigenvalue weighted by molar-refractivity contribution is -0.118. The van der Waals surface area contributed by atoms with Gasteiger partial charge in [0, 0.05) is 33.1 Å². The van der Waals surface area contributed by atoms with Gasteiger partial charge in [0.1, 0.15) is 0 Å². The summed E-state index contributed by atoms with van der Waals surface area (Å²) in [6.07, 6.45) is 3.28. The number of nitrogens with one attached hydrogen (secondary N) is 1. The molecule has 1 aromatic heterocycles. The molecule has 6 heteroatoms. The summed E-state index contributed by atoms with van der Waals surface area (Å²) in [7, 11) is 0. The van der Waals surface area contributed by atoms with Gasteiger partial charge in [-0.25, -0.2) is 0 Å². The van der Waals surface area contributed by atoms with E-state index >= 15 is 0 Å². The predicted molar refractivity (Wildman–Crippen MR) is 80.7 cm³/mol. The molecule has 0 bridgehead atoms. The van der Waals surface area contributed by atoms with E-state index in [0.29, 0.717) is 12.5 Å². The van der Waals surface area contributed by atoms with Crippen molar-refractivity contribution in [3.05, 3.63) is 22.2 Å². The SMILES string of the molecule is CC(=O)NCC1=CCCN(Cc2snnc2C(C)C)C1. The van der Waals surface area contributed by atoms with E-state index in [0.717, 1.165) is 31.7 Å². The molecule has 0 spiro atoms. The second-order valence-electron chi connectivity index (χ2n) is 5.51. The van der Waals surface area contributed by atoms with Crippen molar-refractivity contribution >= 4 is 17.4 Å². The van der Waals surface area contributed by atoms with Crippen molar-refractivity contribution in [1.82, 2.24) is 19.8 Å². The number of amides is 1. The minimum atomic E-state index is 0.0248. The lowest BCUT2D eigenvalue weighted by atomic mass is 10.1. The summed E-state index contributed by atoms with van der Waals surface area (Å²) in [5, 5.41) is 7.10. The molecule has 0 atom stereocenters. The summed E-state index contributed by atoms with van der Waals surface area (Å²) >= 11 is 1.50. The van der Waals surface area contributed by atoms with E-state index < -0.39 is 0 Å². The van der Waals surface area contributed by atoms with Crippen LogP contribution in [0.25, 0.3) is 0 Å². The molecule has 0 saturated carbocycles. The number of hydrogen-bond acceptors (Lipinski definition) is 5. The van der Waals surface area contributed by atoms with E-state index in [2.05, 4.69) is 39.7 Å². The molecular formula is C14H22N4OS. The fourth-order valence-corrected chi connectivity index (χ4v) is 3.19. The van der Waals surface area contributed by atoms with Crippen LogP contribution in [0.1, 0.15) is 43.7 Å². The van der Waals surface area contributed by atoms with Crippen molar-refractivity contribution in [3.63, 3.8) is 0 Å². The zero-order valence-electron chi connectivity index (χ0n) is 12.3. The maximum atomic E-state index is 11.0. The van der Waals surface area contributed by atoms with E-state index in [-0.39, 0.29) is 5.91 Å². The molecule has 0 aromatic carbocycles. The van der Waals surface area contributed by atoms with Gasteiger partial charge in [0.2, 0.25) is 5.91 Å². The highest BCUT2D eigenvalue weighted by Crippen LogP contribution is 2.22. The van der Waals surface area contributed by atoms with Crippen LogP contribution in [0.15, 0.2) is 11.6 Å². The van der Waals surface area contributed by atoms with E-state index in [9.17, 15) is 4.79 Å². The lowest BCUT2D eigenvalue weighted by Crippen LogP contribution is -2.34. The van der Waals surface area contributed by atoms with E-state index in [1.807, 2.05) is 0 Å². The van der Waals surface area contributed by atoms with Crippen molar-refractivity contribution in [2.75, 3.05) is 19.6 Å². The molecule has 1 aliphatic rings. The number of carbonyl (C=O) groups excluding carboxylic acids is 1. The van der Waals surface area contributed by atoms with Crippen LogP contribution in [0.5, 0.6) is 0 Å². The van der Waals surface area contributed by atoms with Gasteiger partial charge in [-0.05, 0) is 29.4 Å². The Balaban J connectivity index is 1.92. The zero-order valence-corrected chi connectivity index (χ0v) is 13.2. The van der Waals surface area contributed by atoms with Crippen LogP contribution in [0, 0.1) is 0 Å². The van der Waals surface area contributed by atoms with Gasteiger partial charge in [-0.15, -0.1) is 5.10 Å².